The Balaban J connectivity index is 2.01. The van der Waals surface area contributed by atoms with Gasteiger partial charge < -0.3 is 10.6 Å². The van der Waals surface area contributed by atoms with Gasteiger partial charge in [0.2, 0.25) is 5.95 Å². The monoisotopic (exact) mass is 248 g/mol. The van der Waals surface area contributed by atoms with Gasteiger partial charge in [-0.3, -0.25) is 0 Å². The van der Waals surface area contributed by atoms with Gasteiger partial charge in [0.1, 0.15) is 10.6 Å². The van der Waals surface area contributed by atoms with Crippen LogP contribution in [-0.4, -0.2) is 23.1 Å². The van der Waals surface area contributed by atoms with Gasteiger partial charge >= 0.3 is 0 Å². The molecular weight excluding hydrogens is 232 g/mol. The molecule has 4 nitrogen and oxygen atoms in total. The normalized spacial score (nSPS) is 17.8. The van der Waals surface area contributed by atoms with Crippen LogP contribution in [0.25, 0.3) is 10.2 Å². The molecule has 2 aromatic rings. The van der Waals surface area contributed by atoms with Gasteiger partial charge in [0, 0.05) is 13.1 Å². The van der Waals surface area contributed by atoms with Gasteiger partial charge in [0.05, 0.1) is 5.39 Å². The topological polar surface area (TPSA) is 55.0 Å². The molecule has 90 valence electrons. The first-order valence-electron chi connectivity index (χ1n) is 5.99. The summed E-state index contributed by atoms with van der Waals surface area (Å²) in [6, 6.07) is 2.09. The lowest BCUT2D eigenvalue weighted by molar-refractivity contribution is 0.437. The predicted octanol–water partition coefficient (Wildman–Crippen LogP) is 2.51. The number of thiophene rings is 1. The number of anilines is 2. The quantitative estimate of drug-likeness (QED) is 0.842. The summed E-state index contributed by atoms with van der Waals surface area (Å²) in [5.74, 6) is 2.22. The van der Waals surface area contributed by atoms with Crippen LogP contribution >= 0.6 is 11.3 Å². The van der Waals surface area contributed by atoms with Gasteiger partial charge in [-0.05, 0) is 30.2 Å². The summed E-state index contributed by atoms with van der Waals surface area (Å²) in [4.78, 5) is 12.0. The van der Waals surface area contributed by atoms with Crippen LogP contribution in [0, 0.1) is 5.92 Å². The summed E-state index contributed by atoms with van der Waals surface area (Å²) in [6.45, 7) is 4.46. The van der Waals surface area contributed by atoms with Gasteiger partial charge in [0.25, 0.3) is 0 Å². The molecule has 1 fully saturated rings. The first kappa shape index (κ1) is 10.8. The Kier molecular flexibility index (Phi) is 2.63. The first-order valence-corrected chi connectivity index (χ1v) is 6.87. The van der Waals surface area contributed by atoms with Crippen molar-refractivity contribution in [1.82, 2.24) is 9.97 Å². The summed E-state index contributed by atoms with van der Waals surface area (Å²) in [6.07, 6.45) is 2.46. The van der Waals surface area contributed by atoms with E-state index >= 15 is 0 Å². The average Bonchev–Trinajstić information content (AvgIpc) is 2.77. The molecule has 1 saturated heterocycles. The second kappa shape index (κ2) is 4.14. The molecule has 1 aliphatic heterocycles. The second-order valence-electron chi connectivity index (χ2n) is 4.71. The average molecular weight is 248 g/mol. The second-order valence-corrected chi connectivity index (χ2v) is 5.61. The number of nitrogens with two attached hydrogens (primary N) is 1. The number of nitrogen functional groups attached to an aromatic ring is 1. The summed E-state index contributed by atoms with van der Waals surface area (Å²) >= 11 is 1.62. The molecule has 17 heavy (non-hydrogen) atoms. The maximum absolute atomic E-state index is 5.78. The third kappa shape index (κ3) is 1.95. The summed E-state index contributed by atoms with van der Waals surface area (Å²) in [5.41, 5.74) is 5.78. The zero-order valence-corrected chi connectivity index (χ0v) is 10.7. The Morgan fingerprint density at radius 2 is 2.12 bits per heavy atom. The van der Waals surface area contributed by atoms with Crippen molar-refractivity contribution in [3.63, 3.8) is 0 Å². The van der Waals surface area contributed by atoms with Gasteiger partial charge in [0.15, 0.2) is 0 Å². The van der Waals surface area contributed by atoms with Gasteiger partial charge in [-0.1, -0.05) is 6.92 Å². The Labute approximate surface area is 104 Å². The largest absolute Gasteiger partial charge is 0.368 e. The third-order valence-electron chi connectivity index (χ3n) is 3.41. The maximum Gasteiger partial charge on any atom is 0.223 e. The smallest absolute Gasteiger partial charge is 0.223 e. The van der Waals surface area contributed by atoms with E-state index in [2.05, 4.69) is 33.2 Å². The molecule has 0 amide bonds. The number of fused-ring (bicyclic) bond motifs is 1. The molecule has 3 rings (SSSR count). The van der Waals surface area contributed by atoms with Crippen molar-refractivity contribution in [3.8, 4) is 0 Å². The minimum Gasteiger partial charge on any atom is -0.368 e. The molecule has 0 bridgehead atoms. The van der Waals surface area contributed by atoms with Crippen molar-refractivity contribution in [1.29, 1.82) is 0 Å². The van der Waals surface area contributed by atoms with E-state index in [9.17, 15) is 0 Å². The third-order valence-corrected chi connectivity index (χ3v) is 4.21. The Hall–Kier alpha value is -1.36. The minimum absolute atomic E-state index is 0.383. The summed E-state index contributed by atoms with van der Waals surface area (Å²) in [7, 11) is 0. The van der Waals surface area contributed by atoms with Crippen molar-refractivity contribution in [2.75, 3.05) is 23.7 Å². The molecule has 1 aliphatic rings. The first-order chi connectivity index (χ1) is 8.24. The number of hydrogen-bond acceptors (Lipinski definition) is 5. The van der Waals surface area contributed by atoms with Gasteiger partial charge in [-0.2, -0.15) is 4.98 Å². The fourth-order valence-corrected chi connectivity index (χ4v) is 3.08. The SMILES string of the molecule is CC1CCN(c2nc(N)nc3sccc23)CC1. The highest BCUT2D eigenvalue weighted by atomic mass is 32.1. The molecule has 3 heterocycles. The van der Waals surface area contributed by atoms with E-state index in [4.69, 9.17) is 5.73 Å². The lowest BCUT2D eigenvalue weighted by Crippen LogP contribution is -2.33. The highest BCUT2D eigenvalue weighted by Crippen LogP contribution is 2.30. The van der Waals surface area contributed by atoms with Crippen LogP contribution in [0.4, 0.5) is 11.8 Å². The zero-order chi connectivity index (χ0) is 11.8. The van der Waals surface area contributed by atoms with Crippen LogP contribution in [0.1, 0.15) is 19.8 Å². The molecule has 0 atom stereocenters. The lowest BCUT2D eigenvalue weighted by Gasteiger charge is -2.31. The Morgan fingerprint density at radius 1 is 1.35 bits per heavy atom. The van der Waals surface area contributed by atoms with Crippen LogP contribution < -0.4 is 10.6 Å². The summed E-state index contributed by atoms with van der Waals surface area (Å²) in [5, 5.41) is 3.19. The number of rotatable bonds is 1. The molecule has 0 aliphatic carbocycles. The number of piperidine rings is 1. The van der Waals surface area contributed by atoms with Gasteiger partial charge in [-0.15, -0.1) is 11.3 Å². The maximum atomic E-state index is 5.78. The van der Waals surface area contributed by atoms with Gasteiger partial charge in [-0.25, -0.2) is 4.98 Å². The molecule has 0 spiro atoms. The van der Waals surface area contributed by atoms with E-state index < -0.39 is 0 Å². The fraction of sp³-hybridized carbons (Fsp3) is 0.500. The van der Waals surface area contributed by atoms with Crippen LogP contribution in [0.5, 0.6) is 0 Å². The molecule has 0 saturated carbocycles. The molecule has 2 N–H and O–H groups in total. The zero-order valence-electron chi connectivity index (χ0n) is 9.89. The number of aromatic nitrogens is 2. The standard InChI is InChI=1S/C12H16N4S/c1-8-2-5-16(6-3-8)10-9-4-7-17-11(9)15-12(13)14-10/h4,7-8H,2-3,5-6H2,1H3,(H2,13,14,15). The molecular formula is C12H16N4S. The van der Waals surface area contributed by atoms with E-state index in [1.807, 2.05) is 0 Å². The van der Waals surface area contributed by atoms with Crippen LogP contribution in [0.2, 0.25) is 0 Å². The van der Waals surface area contributed by atoms with E-state index in [-0.39, 0.29) is 0 Å². The van der Waals surface area contributed by atoms with E-state index in [1.165, 1.54) is 12.8 Å². The van der Waals surface area contributed by atoms with Crippen molar-refractivity contribution in [2.45, 2.75) is 19.8 Å². The van der Waals surface area contributed by atoms with Crippen LogP contribution in [0.3, 0.4) is 0 Å². The van der Waals surface area contributed by atoms with Crippen LogP contribution in [0.15, 0.2) is 11.4 Å². The Morgan fingerprint density at radius 3 is 2.88 bits per heavy atom. The number of hydrogen-bond donors (Lipinski definition) is 1. The molecule has 0 aromatic carbocycles. The lowest BCUT2D eigenvalue weighted by atomic mass is 9.99. The van der Waals surface area contributed by atoms with Crippen molar-refractivity contribution >= 4 is 33.3 Å². The fourth-order valence-electron chi connectivity index (χ4n) is 2.32. The molecule has 0 radical (unpaired) electrons. The summed E-state index contributed by atoms with van der Waals surface area (Å²) < 4.78 is 0. The highest BCUT2D eigenvalue weighted by molar-refractivity contribution is 7.16. The molecule has 0 unspecified atom stereocenters. The van der Waals surface area contributed by atoms with Crippen LogP contribution in [-0.2, 0) is 0 Å². The molecule has 2 aromatic heterocycles. The predicted molar refractivity (Wildman–Crippen MR) is 72.4 cm³/mol. The number of nitrogens with zero attached hydrogens (tertiary/aromatic N) is 3. The van der Waals surface area contributed by atoms with E-state index in [0.29, 0.717) is 5.95 Å². The van der Waals surface area contributed by atoms with E-state index in [0.717, 1.165) is 35.0 Å². The highest BCUT2D eigenvalue weighted by Gasteiger charge is 2.20. The molecule has 5 heteroatoms. The van der Waals surface area contributed by atoms with Crippen molar-refractivity contribution in [3.05, 3.63) is 11.4 Å². The minimum atomic E-state index is 0.383. The van der Waals surface area contributed by atoms with E-state index in [1.54, 1.807) is 11.3 Å². The van der Waals surface area contributed by atoms with Crippen molar-refractivity contribution in [2.24, 2.45) is 5.92 Å². The van der Waals surface area contributed by atoms with Crippen molar-refractivity contribution < 1.29 is 0 Å². The Bertz CT molecular complexity index is 528.